The molecule has 2 rings (SSSR count). The number of carbonyl (C=O) groups is 2. The predicted molar refractivity (Wildman–Crippen MR) is 60.1 cm³/mol. The second-order valence-corrected chi connectivity index (χ2v) is 5.24. The summed E-state index contributed by atoms with van der Waals surface area (Å²) in [6.07, 6.45) is -3.12. The van der Waals surface area contributed by atoms with Crippen molar-refractivity contribution in [2.75, 3.05) is 0 Å². The second kappa shape index (κ2) is 4.80. The van der Waals surface area contributed by atoms with E-state index in [-0.39, 0.29) is 18.2 Å². The van der Waals surface area contributed by atoms with Crippen LogP contribution in [0.25, 0.3) is 0 Å². The molecule has 0 aromatic heterocycles. The molecule has 114 valence electrons. The van der Waals surface area contributed by atoms with Crippen LogP contribution in [0, 0.1) is 0 Å². The Morgan fingerprint density at radius 2 is 1.95 bits per heavy atom. The normalized spacial score (nSPS) is 31.7. The van der Waals surface area contributed by atoms with Gasteiger partial charge >= 0.3 is 18.2 Å². The van der Waals surface area contributed by atoms with Crippen molar-refractivity contribution in [2.45, 2.75) is 56.2 Å². The Bertz CT molecular complexity index is 428. The fourth-order valence-corrected chi connectivity index (χ4v) is 2.47. The van der Waals surface area contributed by atoms with Crippen LogP contribution >= 0.6 is 0 Å². The lowest BCUT2D eigenvalue weighted by atomic mass is 9.95. The average molecular weight is 296 g/mol. The lowest BCUT2D eigenvalue weighted by Crippen LogP contribution is -2.64. The molecule has 2 fully saturated rings. The number of alkyl halides is 3. The Labute approximate surface area is 112 Å². The van der Waals surface area contributed by atoms with E-state index < -0.39 is 23.7 Å². The topological polar surface area (TPSA) is 87.7 Å². The quantitative estimate of drug-likeness (QED) is 0.725. The number of urea groups is 1. The smallest absolute Gasteiger partial charge is 0.422 e. The Balaban J connectivity index is 1.97. The molecule has 2 heterocycles. The minimum absolute atomic E-state index is 0.0266. The van der Waals surface area contributed by atoms with Crippen LogP contribution in [-0.4, -0.2) is 47.1 Å². The molecule has 0 saturated carbocycles. The van der Waals surface area contributed by atoms with Gasteiger partial charge in [0.15, 0.2) is 0 Å². The first kappa shape index (κ1) is 14.9. The van der Waals surface area contributed by atoms with E-state index in [0.717, 1.165) is 12.8 Å². The van der Waals surface area contributed by atoms with Crippen LogP contribution in [0.15, 0.2) is 0 Å². The van der Waals surface area contributed by atoms with Crippen LogP contribution in [-0.2, 0) is 9.53 Å². The maximum absolute atomic E-state index is 12.7. The standard InChI is InChI=1S/C11H15F3N2O4/c1-10(8(17)18,11(12,13)14)16-9(19)15-6-4-5-2-3-7(6)20-5/h5-7H,2-4H2,1H3,(H,17,18)(H2,15,16,19). The Hall–Kier alpha value is -1.51. The van der Waals surface area contributed by atoms with Crippen LogP contribution in [0.5, 0.6) is 0 Å². The molecule has 0 spiro atoms. The summed E-state index contributed by atoms with van der Waals surface area (Å²) in [4.78, 5) is 22.4. The SMILES string of the molecule is CC(NC(=O)NC1CC2CCC1O2)(C(=O)O)C(F)(F)F. The minimum Gasteiger partial charge on any atom is -0.479 e. The van der Waals surface area contributed by atoms with E-state index in [9.17, 15) is 22.8 Å². The molecule has 0 aromatic carbocycles. The number of ether oxygens (including phenoxy) is 1. The van der Waals surface area contributed by atoms with Gasteiger partial charge in [-0.1, -0.05) is 0 Å². The first-order valence-electron chi connectivity index (χ1n) is 6.18. The highest BCUT2D eigenvalue weighted by Crippen LogP contribution is 2.34. The molecule has 2 amide bonds. The zero-order valence-electron chi connectivity index (χ0n) is 10.7. The number of halogens is 3. The first-order valence-corrected chi connectivity index (χ1v) is 6.18. The molecule has 4 unspecified atom stereocenters. The fraction of sp³-hybridized carbons (Fsp3) is 0.818. The van der Waals surface area contributed by atoms with Crippen molar-refractivity contribution in [2.24, 2.45) is 0 Å². The average Bonchev–Trinajstić information content (AvgIpc) is 2.88. The third kappa shape index (κ3) is 2.54. The molecule has 2 bridgehead atoms. The molecule has 0 radical (unpaired) electrons. The molecule has 2 saturated heterocycles. The van der Waals surface area contributed by atoms with Crippen molar-refractivity contribution in [3.8, 4) is 0 Å². The van der Waals surface area contributed by atoms with Crippen molar-refractivity contribution in [3.05, 3.63) is 0 Å². The molecule has 0 aromatic rings. The number of nitrogens with one attached hydrogen (secondary N) is 2. The summed E-state index contributed by atoms with van der Waals surface area (Å²) in [6.45, 7) is 0.409. The molecule has 4 atom stereocenters. The van der Waals surface area contributed by atoms with Crippen molar-refractivity contribution in [1.29, 1.82) is 0 Å². The van der Waals surface area contributed by atoms with Gasteiger partial charge in [-0.05, 0) is 26.2 Å². The summed E-state index contributed by atoms with van der Waals surface area (Å²) in [5, 5.41) is 12.5. The first-order chi connectivity index (χ1) is 9.13. The number of carbonyl (C=O) groups excluding carboxylic acids is 1. The number of hydrogen-bond donors (Lipinski definition) is 3. The van der Waals surface area contributed by atoms with Gasteiger partial charge in [-0.15, -0.1) is 0 Å². The van der Waals surface area contributed by atoms with Crippen LogP contribution < -0.4 is 10.6 Å². The highest BCUT2D eigenvalue weighted by molar-refractivity contribution is 5.86. The summed E-state index contributed by atoms with van der Waals surface area (Å²) >= 11 is 0. The lowest BCUT2D eigenvalue weighted by Gasteiger charge is -2.30. The van der Waals surface area contributed by atoms with E-state index in [0.29, 0.717) is 13.3 Å². The Morgan fingerprint density at radius 1 is 1.30 bits per heavy atom. The number of carboxylic acids is 1. The van der Waals surface area contributed by atoms with Crippen LogP contribution in [0.2, 0.25) is 0 Å². The fourth-order valence-electron chi connectivity index (χ4n) is 2.47. The van der Waals surface area contributed by atoms with Gasteiger partial charge in [0.05, 0.1) is 18.2 Å². The van der Waals surface area contributed by atoms with Gasteiger partial charge in [0.25, 0.3) is 0 Å². The molecule has 9 heteroatoms. The number of carboxylic acid groups (broad SMARTS) is 1. The zero-order chi connectivity index (χ0) is 15.1. The van der Waals surface area contributed by atoms with Gasteiger partial charge in [-0.2, -0.15) is 13.2 Å². The summed E-state index contributed by atoms with van der Waals surface area (Å²) in [5.74, 6) is -2.16. The van der Waals surface area contributed by atoms with Crippen molar-refractivity contribution < 1.29 is 32.6 Å². The maximum Gasteiger partial charge on any atom is 0.422 e. The molecule has 2 aliphatic rings. The predicted octanol–water partition coefficient (Wildman–Crippen LogP) is 1.01. The van der Waals surface area contributed by atoms with Crippen LogP contribution in [0.3, 0.4) is 0 Å². The molecular weight excluding hydrogens is 281 g/mol. The lowest BCUT2D eigenvalue weighted by molar-refractivity contribution is -0.203. The molecule has 20 heavy (non-hydrogen) atoms. The monoisotopic (exact) mass is 296 g/mol. The summed E-state index contributed by atoms with van der Waals surface area (Å²) < 4.78 is 43.6. The van der Waals surface area contributed by atoms with Gasteiger partial charge in [-0.25, -0.2) is 9.59 Å². The summed E-state index contributed by atoms with van der Waals surface area (Å²) in [6, 6.07) is -1.53. The third-order valence-electron chi connectivity index (χ3n) is 3.78. The summed E-state index contributed by atoms with van der Waals surface area (Å²) in [7, 11) is 0. The van der Waals surface area contributed by atoms with Crippen molar-refractivity contribution >= 4 is 12.0 Å². The highest BCUT2D eigenvalue weighted by atomic mass is 19.4. The van der Waals surface area contributed by atoms with E-state index in [2.05, 4.69) is 5.32 Å². The van der Waals surface area contributed by atoms with Gasteiger partial charge in [-0.3, -0.25) is 0 Å². The van der Waals surface area contributed by atoms with E-state index in [4.69, 9.17) is 9.84 Å². The molecule has 3 N–H and O–H groups in total. The van der Waals surface area contributed by atoms with Gasteiger partial charge in [0.2, 0.25) is 5.54 Å². The molecule has 0 aliphatic carbocycles. The molecule has 2 aliphatic heterocycles. The summed E-state index contributed by atoms with van der Waals surface area (Å²) in [5.41, 5.74) is -3.32. The molecule has 6 nitrogen and oxygen atoms in total. The van der Waals surface area contributed by atoms with E-state index in [1.165, 1.54) is 5.32 Å². The number of fused-ring (bicyclic) bond motifs is 2. The number of rotatable bonds is 3. The van der Waals surface area contributed by atoms with Crippen LogP contribution in [0.4, 0.5) is 18.0 Å². The largest absolute Gasteiger partial charge is 0.479 e. The maximum atomic E-state index is 12.7. The van der Waals surface area contributed by atoms with Crippen molar-refractivity contribution in [1.82, 2.24) is 10.6 Å². The number of hydrogen-bond acceptors (Lipinski definition) is 3. The van der Waals surface area contributed by atoms with E-state index in [1.54, 1.807) is 0 Å². The minimum atomic E-state index is -5.10. The highest BCUT2D eigenvalue weighted by Gasteiger charge is 2.58. The van der Waals surface area contributed by atoms with Gasteiger partial charge in [0, 0.05) is 0 Å². The van der Waals surface area contributed by atoms with Gasteiger partial charge in [0.1, 0.15) is 0 Å². The van der Waals surface area contributed by atoms with Crippen molar-refractivity contribution in [3.63, 3.8) is 0 Å². The van der Waals surface area contributed by atoms with Crippen LogP contribution in [0.1, 0.15) is 26.2 Å². The van der Waals surface area contributed by atoms with Gasteiger partial charge < -0.3 is 20.5 Å². The van der Waals surface area contributed by atoms with E-state index in [1.807, 2.05) is 0 Å². The van der Waals surface area contributed by atoms with E-state index >= 15 is 0 Å². The number of aliphatic carboxylic acids is 1. The third-order valence-corrected chi connectivity index (χ3v) is 3.78. The number of amides is 2. The Morgan fingerprint density at radius 3 is 2.35 bits per heavy atom. The second-order valence-electron chi connectivity index (χ2n) is 5.24. The Kier molecular flexibility index (Phi) is 3.57. The zero-order valence-corrected chi connectivity index (χ0v) is 10.7. The molecular formula is C11H15F3N2O4.